The second-order valence-electron chi connectivity index (χ2n) is 7.46. The van der Waals surface area contributed by atoms with Crippen LogP contribution in [0.5, 0.6) is 11.5 Å². The molecule has 0 radical (unpaired) electrons. The van der Waals surface area contributed by atoms with Crippen LogP contribution in [-0.2, 0) is 17.8 Å². The van der Waals surface area contributed by atoms with Gasteiger partial charge in [-0.2, -0.15) is 0 Å². The van der Waals surface area contributed by atoms with E-state index in [9.17, 15) is 4.79 Å². The number of hydrazine groups is 1. The molecule has 30 heavy (non-hydrogen) atoms. The lowest BCUT2D eigenvalue weighted by molar-refractivity contribution is -0.121. The van der Waals surface area contributed by atoms with Gasteiger partial charge in [0.2, 0.25) is 5.91 Å². The van der Waals surface area contributed by atoms with E-state index in [0.29, 0.717) is 6.42 Å². The number of methoxy groups -OCH3 is 2. The van der Waals surface area contributed by atoms with Gasteiger partial charge in [0.15, 0.2) is 0 Å². The molecule has 1 saturated heterocycles. The second-order valence-corrected chi connectivity index (χ2v) is 7.46. The first-order valence-electron chi connectivity index (χ1n) is 10.2. The van der Waals surface area contributed by atoms with Crippen LogP contribution in [0.2, 0.25) is 0 Å². The first-order chi connectivity index (χ1) is 14.6. The lowest BCUT2D eigenvalue weighted by Crippen LogP contribution is -2.44. The standard InChI is InChI=1S/C23H28N4O3/c1-4-27-20-13-18(30-3)10-7-16(20)12-21(27)19-14-22(26-25-19)24-23(28)11-15-5-8-17(29-2)9-6-15/h5-10,12-13,19,22,25-26H,4,11,14H2,1-3H3,(H,24,28). The molecule has 1 aromatic heterocycles. The molecule has 2 atom stereocenters. The van der Waals surface area contributed by atoms with Crippen molar-refractivity contribution in [2.24, 2.45) is 0 Å². The molecule has 0 spiro atoms. The fourth-order valence-corrected chi connectivity index (χ4v) is 4.04. The zero-order chi connectivity index (χ0) is 21.1. The van der Waals surface area contributed by atoms with Gasteiger partial charge in [-0.3, -0.25) is 4.79 Å². The fraction of sp³-hybridized carbons (Fsp3) is 0.348. The number of benzene rings is 2. The molecule has 2 aromatic carbocycles. The zero-order valence-electron chi connectivity index (χ0n) is 17.6. The van der Waals surface area contributed by atoms with Crippen LogP contribution in [-0.4, -0.2) is 30.9 Å². The number of carbonyl (C=O) groups excluding carboxylic acids is 1. The number of nitrogens with one attached hydrogen (secondary N) is 3. The van der Waals surface area contributed by atoms with Crippen molar-refractivity contribution in [2.75, 3.05) is 14.2 Å². The quantitative estimate of drug-likeness (QED) is 0.560. The fourth-order valence-electron chi connectivity index (χ4n) is 4.04. The summed E-state index contributed by atoms with van der Waals surface area (Å²) < 4.78 is 12.8. The number of nitrogens with zero attached hydrogens (tertiary/aromatic N) is 1. The number of aryl methyl sites for hydroxylation is 1. The van der Waals surface area contributed by atoms with Crippen LogP contribution in [0, 0.1) is 0 Å². The smallest absolute Gasteiger partial charge is 0.225 e. The highest BCUT2D eigenvalue weighted by Gasteiger charge is 2.28. The molecule has 3 N–H and O–H groups in total. The van der Waals surface area contributed by atoms with Gasteiger partial charge in [-0.25, -0.2) is 10.9 Å². The zero-order valence-corrected chi connectivity index (χ0v) is 17.6. The Labute approximate surface area is 176 Å². The molecule has 0 bridgehead atoms. The summed E-state index contributed by atoms with van der Waals surface area (Å²) in [5.41, 5.74) is 9.86. The number of amides is 1. The van der Waals surface area contributed by atoms with Gasteiger partial charge >= 0.3 is 0 Å². The number of rotatable bonds is 7. The third kappa shape index (κ3) is 4.13. The number of ether oxygens (including phenoxy) is 2. The van der Waals surface area contributed by atoms with E-state index in [1.807, 2.05) is 30.3 Å². The lowest BCUT2D eigenvalue weighted by Gasteiger charge is -2.14. The summed E-state index contributed by atoms with van der Waals surface area (Å²) in [5.74, 6) is 1.62. The molecule has 0 aliphatic carbocycles. The van der Waals surface area contributed by atoms with Crippen molar-refractivity contribution in [3.05, 3.63) is 59.8 Å². The molecule has 1 aliphatic rings. The maximum Gasteiger partial charge on any atom is 0.225 e. The van der Waals surface area contributed by atoms with E-state index >= 15 is 0 Å². The maximum atomic E-state index is 12.5. The minimum atomic E-state index is -0.126. The van der Waals surface area contributed by atoms with Gasteiger partial charge in [-0.15, -0.1) is 0 Å². The van der Waals surface area contributed by atoms with E-state index in [0.717, 1.165) is 35.5 Å². The Balaban J connectivity index is 1.42. The molecule has 1 amide bonds. The average Bonchev–Trinajstić information content (AvgIpc) is 3.37. The molecule has 2 unspecified atom stereocenters. The van der Waals surface area contributed by atoms with E-state index in [4.69, 9.17) is 9.47 Å². The summed E-state index contributed by atoms with van der Waals surface area (Å²) in [4.78, 5) is 12.5. The summed E-state index contributed by atoms with van der Waals surface area (Å²) in [7, 11) is 3.31. The highest BCUT2D eigenvalue weighted by Crippen LogP contribution is 2.30. The Bertz CT molecular complexity index is 1030. The van der Waals surface area contributed by atoms with E-state index in [1.165, 1.54) is 11.1 Å². The van der Waals surface area contributed by atoms with Gasteiger partial charge in [0, 0.05) is 30.1 Å². The number of fused-ring (bicyclic) bond motifs is 1. The molecule has 158 valence electrons. The predicted octanol–water partition coefficient (Wildman–Crippen LogP) is 2.90. The van der Waals surface area contributed by atoms with Crippen LogP contribution in [0.15, 0.2) is 48.5 Å². The maximum absolute atomic E-state index is 12.5. The number of aromatic nitrogens is 1. The third-order valence-corrected chi connectivity index (χ3v) is 5.58. The van der Waals surface area contributed by atoms with Crippen molar-refractivity contribution in [3.8, 4) is 11.5 Å². The van der Waals surface area contributed by atoms with E-state index < -0.39 is 0 Å². The van der Waals surface area contributed by atoms with Crippen molar-refractivity contribution in [1.82, 2.24) is 20.7 Å². The van der Waals surface area contributed by atoms with Crippen LogP contribution in [0.1, 0.15) is 30.6 Å². The molecule has 7 heteroatoms. The Morgan fingerprint density at radius 1 is 1.07 bits per heavy atom. The van der Waals surface area contributed by atoms with E-state index in [2.05, 4.69) is 45.9 Å². The van der Waals surface area contributed by atoms with Gasteiger partial charge in [0.05, 0.1) is 38.4 Å². The summed E-state index contributed by atoms with van der Waals surface area (Å²) in [6.07, 6.45) is 0.975. The molecular weight excluding hydrogens is 380 g/mol. The number of hydrogen-bond acceptors (Lipinski definition) is 5. The Kier molecular flexibility index (Phi) is 5.92. The lowest BCUT2D eigenvalue weighted by atomic mass is 10.1. The first-order valence-corrected chi connectivity index (χ1v) is 10.2. The normalized spacial score (nSPS) is 18.5. The Morgan fingerprint density at radius 2 is 1.80 bits per heavy atom. The molecule has 0 saturated carbocycles. The van der Waals surface area contributed by atoms with Crippen LogP contribution in [0.3, 0.4) is 0 Å². The number of carbonyl (C=O) groups is 1. The van der Waals surface area contributed by atoms with Gasteiger partial charge in [-0.05, 0) is 42.8 Å². The molecule has 1 fully saturated rings. The van der Waals surface area contributed by atoms with Crippen LogP contribution < -0.4 is 25.6 Å². The highest BCUT2D eigenvalue weighted by molar-refractivity contribution is 5.83. The molecule has 7 nitrogen and oxygen atoms in total. The van der Waals surface area contributed by atoms with Gasteiger partial charge in [0.1, 0.15) is 11.5 Å². The molecule has 4 rings (SSSR count). The first kappa shape index (κ1) is 20.3. The van der Waals surface area contributed by atoms with Crippen molar-refractivity contribution in [3.63, 3.8) is 0 Å². The van der Waals surface area contributed by atoms with Crippen LogP contribution >= 0.6 is 0 Å². The molecule has 3 aromatic rings. The topological polar surface area (TPSA) is 76.6 Å². The SMILES string of the molecule is CCn1c(C2CC(NC(=O)Cc3ccc(OC)cc3)NN2)cc2ccc(OC)cc21. The summed E-state index contributed by atoms with van der Waals surface area (Å²) >= 11 is 0. The summed E-state index contributed by atoms with van der Waals surface area (Å²) in [5, 5.41) is 4.25. The van der Waals surface area contributed by atoms with E-state index in [-0.39, 0.29) is 18.1 Å². The Morgan fingerprint density at radius 3 is 2.50 bits per heavy atom. The van der Waals surface area contributed by atoms with Crippen molar-refractivity contribution in [1.29, 1.82) is 0 Å². The third-order valence-electron chi connectivity index (χ3n) is 5.58. The Hall–Kier alpha value is -3.03. The van der Waals surface area contributed by atoms with Gasteiger partial charge in [0.25, 0.3) is 0 Å². The summed E-state index contributed by atoms with van der Waals surface area (Å²) in [6.45, 7) is 3.00. The second kappa shape index (κ2) is 8.77. The number of hydrogen-bond donors (Lipinski definition) is 3. The molecule has 2 heterocycles. The monoisotopic (exact) mass is 408 g/mol. The van der Waals surface area contributed by atoms with Crippen LogP contribution in [0.25, 0.3) is 10.9 Å². The van der Waals surface area contributed by atoms with Gasteiger partial charge in [-0.1, -0.05) is 12.1 Å². The summed E-state index contributed by atoms with van der Waals surface area (Å²) in [6, 6.07) is 16.0. The largest absolute Gasteiger partial charge is 0.497 e. The molecule has 1 aliphatic heterocycles. The highest BCUT2D eigenvalue weighted by atomic mass is 16.5. The van der Waals surface area contributed by atoms with Crippen molar-refractivity contribution >= 4 is 16.8 Å². The van der Waals surface area contributed by atoms with Gasteiger partial charge < -0.3 is 19.4 Å². The minimum absolute atomic E-state index is 0.0131. The minimum Gasteiger partial charge on any atom is -0.497 e. The average molecular weight is 409 g/mol. The van der Waals surface area contributed by atoms with Crippen LogP contribution in [0.4, 0.5) is 0 Å². The molecular formula is C23H28N4O3. The van der Waals surface area contributed by atoms with Crippen molar-refractivity contribution < 1.29 is 14.3 Å². The van der Waals surface area contributed by atoms with Crippen molar-refractivity contribution in [2.45, 2.75) is 38.5 Å². The predicted molar refractivity (Wildman–Crippen MR) is 116 cm³/mol. The van der Waals surface area contributed by atoms with E-state index in [1.54, 1.807) is 14.2 Å².